The summed E-state index contributed by atoms with van der Waals surface area (Å²) in [6.07, 6.45) is -2.86. The molecule has 0 radical (unpaired) electrons. The molecule has 0 bridgehead atoms. The van der Waals surface area contributed by atoms with Gasteiger partial charge in [0.1, 0.15) is 5.69 Å². The predicted molar refractivity (Wildman–Crippen MR) is 69.0 cm³/mol. The van der Waals surface area contributed by atoms with Crippen LogP contribution in [0.25, 0.3) is 11.1 Å². The van der Waals surface area contributed by atoms with Gasteiger partial charge in [0, 0.05) is 23.6 Å². The Kier molecular flexibility index (Phi) is 2.90. The monoisotopic (exact) mass is 328 g/mol. The SMILES string of the molecule is CS(=O)(=O)c1ccc2c(c1)C(=O)c1nc(C(F)(F)F)ncc1-2. The van der Waals surface area contributed by atoms with Crippen molar-refractivity contribution in [2.24, 2.45) is 0 Å². The predicted octanol–water partition coefficient (Wildman–Crippen LogP) is 2.11. The highest BCUT2D eigenvalue weighted by Crippen LogP contribution is 2.37. The van der Waals surface area contributed by atoms with Crippen molar-refractivity contribution in [2.75, 3.05) is 6.26 Å². The molecule has 0 spiro atoms. The molecule has 2 aromatic rings. The first-order chi connectivity index (χ1) is 10.1. The summed E-state index contributed by atoms with van der Waals surface area (Å²) in [4.78, 5) is 18.6. The van der Waals surface area contributed by atoms with Gasteiger partial charge in [-0.15, -0.1) is 0 Å². The highest BCUT2D eigenvalue weighted by atomic mass is 32.2. The highest BCUT2D eigenvalue weighted by Gasteiger charge is 2.38. The zero-order valence-corrected chi connectivity index (χ0v) is 11.8. The van der Waals surface area contributed by atoms with E-state index in [0.29, 0.717) is 5.56 Å². The first-order valence-corrected chi connectivity index (χ1v) is 7.81. The van der Waals surface area contributed by atoms with Crippen LogP contribution in [0.3, 0.4) is 0 Å². The second kappa shape index (κ2) is 4.35. The number of alkyl halides is 3. The first-order valence-electron chi connectivity index (χ1n) is 5.92. The fourth-order valence-corrected chi connectivity index (χ4v) is 2.84. The number of rotatable bonds is 1. The Bertz CT molecular complexity index is 921. The van der Waals surface area contributed by atoms with Crippen LogP contribution in [0.1, 0.15) is 21.9 Å². The quantitative estimate of drug-likeness (QED) is 0.684. The lowest BCUT2D eigenvalue weighted by molar-refractivity contribution is -0.145. The van der Waals surface area contributed by atoms with Gasteiger partial charge in [0.25, 0.3) is 0 Å². The van der Waals surface area contributed by atoms with E-state index in [1.165, 1.54) is 12.1 Å². The number of fused-ring (bicyclic) bond motifs is 3. The van der Waals surface area contributed by atoms with E-state index in [4.69, 9.17) is 0 Å². The third-order valence-corrected chi connectivity index (χ3v) is 4.32. The smallest absolute Gasteiger partial charge is 0.287 e. The number of benzene rings is 1. The summed E-state index contributed by atoms with van der Waals surface area (Å²) >= 11 is 0. The van der Waals surface area contributed by atoms with Crippen LogP contribution in [-0.2, 0) is 16.0 Å². The van der Waals surface area contributed by atoms with Crippen LogP contribution in [0, 0.1) is 0 Å². The molecule has 1 heterocycles. The van der Waals surface area contributed by atoms with Gasteiger partial charge in [0.05, 0.1) is 4.90 Å². The maximum absolute atomic E-state index is 12.6. The molecule has 1 aliphatic carbocycles. The molecular formula is C13H7F3N2O3S. The average Bonchev–Trinajstić information content (AvgIpc) is 2.70. The molecule has 0 saturated carbocycles. The Morgan fingerprint density at radius 2 is 1.77 bits per heavy atom. The minimum atomic E-state index is -4.76. The first kappa shape index (κ1) is 14.6. The number of sulfone groups is 1. The Labute approximate surface area is 122 Å². The molecule has 9 heteroatoms. The van der Waals surface area contributed by atoms with Gasteiger partial charge in [0.15, 0.2) is 9.84 Å². The second-order valence-electron chi connectivity index (χ2n) is 4.76. The fraction of sp³-hybridized carbons (Fsp3) is 0.154. The van der Waals surface area contributed by atoms with Gasteiger partial charge in [-0.1, -0.05) is 6.07 Å². The van der Waals surface area contributed by atoms with Gasteiger partial charge in [-0.25, -0.2) is 18.4 Å². The standard InChI is InChI=1S/C13H7F3N2O3S/c1-22(20,21)6-2-3-7-8(4-6)11(19)10-9(7)5-17-12(18-10)13(14,15)16/h2-5H,1H3. The maximum atomic E-state index is 12.6. The van der Waals surface area contributed by atoms with Gasteiger partial charge in [-0.05, 0) is 17.7 Å². The summed E-state index contributed by atoms with van der Waals surface area (Å²) in [6, 6.07) is 3.79. The largest absolute Gasteiger partial charge is 0.451 e. The van der Waals surface area contributed by atoms with Crippen molar-refractivity contribution in [3.05, 3.63) is 41.5 Å². The molecular weight excluding hydrogens is 321 g/mol. The lowest BCUT2D eigenvalue weighted by Crippen LogP contribution is -2.13. The van der Waals surface area contributed by atoms with Gasteiger partial charge in [0.2, 0.25) is 11.6 Å². The molecule has 22 heavy (non-hydrogen) atoms. The average molecular weight is 328 g/mol. The minimum absolute atomic E-state index is 0.00606. The van der Waals surface area contributed by atoms with Crippen molar-refractivity contribution in [2.45, 2.75) is 11.1 Å². The number of aromatic nitrogens is 2. The van der Waals surface area contributed by atoms with Crippen molar-refractivity contribution in [3.8, 4) is 11.1 Å². The maximum Gasteiger partial charge on any atom is 0.451 e. The van der Waals surface area contributed by atoms with Crippen molar-refractivity contribution in [1.82, 2.24) is 9.97 Å². The van der Waals surface area contributed by atoms with E-state index < -0.39 is 27.6 Å². The molecule has 0 atom stereocenters. The van der Waals surface area contributed by atoms with E-state index >= 15 is 0 Å². The molecule has 1 aromatic heterocycles. The van der Waals surface area contributed by atoms with Crippen LogP contribution in [0.4, 0.5) is 13.2 Å². The Morgan fingerprint density at radius 3 is 2.36 bits per heavy atom. The third-order valence-electron chi connectivity index (χ3n) is 3.21. The van der Waals surface area contributed by atoms with Crippen LogP contribution < -0.4 is 0 Å². The summed E-state index contributed by atoms with van der Waals surface area (Å²) < 4.78 is 60.9. The van der Waals surface area contributed by atoms with E-state index in [-0.39, 0.29) is 21.7 Å². The molecule has 1 aromatic carbocycles. The molecule has 3 rings (SSSR count). The van der Waals surface area contributed by atoms with Crippen LogP contribution in [-0.4, -0.2) is 30.4 Å². The summed E-state index contributed by atoms with van der Waals surface area (Å²) in [5.74, 6) is -2.15. The Morgan fingerprint density at radius 1 is 1.09 bits per heavy atom. The van der Waals surface area contributed by atoms with Gasteiger partial charge >= 0.3 is 6.18 Å². The number of halogens is 3. The van der Waals surface area contributed by atoms with Crippen LogP contribution in [0.15, 0.2) is 29.3 Å². The number of ketones is 1. The van der Waals surface area contributed by atoms with Crippen LogP contribution >= 0.6 is 0 Å². The molecule has 0 N–H and O–H groups in total. The number of hydrogen-bond acceptors (Lipinski definition) is 5. The van der Waals surface area contributed by atoms with Gasteiger partial charge in [-0.3, -0.25) is 4.79 Å². The number of hydrogen-bond donors (Lipinski definition) is 0. The Hall–Kier alpha value is -2.29. The molecule has 0 fully saturated rings. The van der Waals surface area contributed by atoms with E-state index in [2.05, 4.69) is 9.97 Å². The number of carbonyl (C=O) groups excluding carboxylic acids is 1. The van der Waals surface area contributed by atoms with E-state index in [0.717, 1.165) is 18.5 Å². The van der Waals surface area contributed by atoms with Crippen molar-refractivity contribution in [3.63, 3.8) is 0 Å². The second-order valence-corrected chi connectivity index (χ2v) is 6.78. The number of carbonyl (C=O) groups is 1. The fourth-order valence-electron chi connectivity index (χ4n) is 2.19. The van der Waals surface area contributed by atoms with Gasteiger partial charge in [-0.2, -0.15) is 13.2 Å². The topological polar surface area (TPSA) is 77.0 Å². The lowest BCUT2D eigenvalue weighted by atomic mass is 10.1. The van der Waals surface area contributed by atoms with Crippen molar-refractivity contribution >= 4 is 15.6 Å². The highest BCUT2D eigenvalue weighted by molar-refractivity contribution is 7.90. The molecule has 114 valence electrons. The summed E-state index contributed by atoms with van der Waals surface area (Å²) in [7, 11) is -3.53. The molecule has 1 aliphatic rings. The van der Waals surface area contributed by atoms with Crippen molar-refractivity contribution in [1.29, 1.82) is 0 Å². The molecule has 0 amide bonds. The minimum Gasteiger partial charge on any atom is -0.287 e. The van der Waals surface area contributed by atoms with Crippen LogP contribution in [0.5, 0.6) is 0 Å². The zero-order chi connectivity index (χ0) is 16.3. The Balaban J connectivity index is 2.20. The van der Waals surface area contributed by atoms with Crippen molar-refractivity contribution < 1.29 is 26.4 Å². The van der Waals surface area contributed by atoms with E-state index in [1.807, 2.05) is 0 Å². The molecule has 0 saturated heterocycles. The lowest BCUT2D eigenvalue weighted by Gasteiger charge is -2.05. The third kappa shape index (κ3) is 2.17. The molecule has 0 unspecified atom stereocenters. The summed E-state index contributed by atoms with van der Waals surface area (Å²) in [5.41, 5.74) is 0.115. The van der Waals surface area contributed by atoms with E-state index in [9.17, 15) is 26.4 Å². The molecule has 0 aliphatic heterocycles. The zero-order valence-electron chi connectivity index (χ0n) is 11.0. The summed E-state index contributed by atoms with van der Waals surface area (Å²) in [5, 5.41) is 0. The number of nitrogens with zero attached hydrogens (tertiary/aromatic N) is 2. The van der Waals surface area contributed by atoms with Gasteiger partial charge < -0.3 is 0 Å². The van der Waals surface area contributed by atoms with Crippen LogP contribution in [0.2, 0.25) is 0 Å². The van der Waals surface area contributed by atoms with E-state index in [1.54, 1.807) is 0 Å². The summed E-state index contributed by atoms with van der Waals surface area (Å²) in [6.45, 7) is 0. The molecule has 5 nitrogen and oxygen atoms in total. The normalized spacial score (nSPS) is 13.9.